The molecule has 0 saturated heterocycles. The van der Waals surface area contributed by atoms with Gasteiger partial charge in [0.1, 0.15) is 4.38 Å². The van der Waals surface area contributed by atoms with Gasteiger partial charge in [0.2, 0.25) is 5.91 Å². The Morgan fingerprint density at radius 2 is 2.18 bits per heavy atom. The van der Waals surface area contributed by atoms with Crippen molar-refractivity contribution < 1.29 is 9.59 Å². The number of carbonyl (C=O) groups is 2. The predicted molar refractivity (Wildman–Crippen MR) is 93.7 cm³/mol. The quantitative estimate of drug-likeness (QED) is 0.809. The Morgan fingerprint density at radius 1 is 1.36 bits per heavy atom. The summed E-state index contributed by atoms with van der Waals surface area (Å²) in [7, 11) is 0. The average molecular weight is 337 g/mol. The van der Waals surface area contributed by atoms with Crippen molar-refractivity contribution in [3.05, 3.63) is 29.8 Å². The second kappa shape index (κ2) is 8.85. The van der Waals surface area contributed by atoms with Crippen LogP contribution in [0.25, 0.3) is 0 Å². The van der Waals surface area contributed by atoms with Crippen LogP contribution in [-0.2, 0) is 10.5 Å². The number of unbranched alkanes of at least 4 members (excludes halogenated alkanes) is 1. The number of amides is 3. The van der Waals surface area contributed by atoms with Gasteiger partial charge in [-0.1, -0.05) is 55.1 Å². The third-order valence-corrected chi connectivity index (χ3v) is 5.20. The molecular formula is C15H19N3O2S2. The molecule has 1 aliphatic heterocycles. The van der Waals surface area contributed by atoms with Crippen molar-refractivity contribution in [3.63, 3.8) is 0 Å². The monoisotopic (exact) mass is 337 g/mol. The lowest BCUT2D eigenvalue weighted by atomic mass is 10.2. The standard InChI is InChI=1S/C15H19N3O2S2/c1-2-3-8-16-14(20)18-13(19)10-22-15-17-12-7-5-4-6-11(12)9-21-15/h4-7H,2-3,8-10H2,1H3,(H2,16,18,19,20). The van der Waals surface area contributed by atoms with Gasteiger partial charge in [-0.25, -0.2) is 9.79 Å². The third kappa shape index (κ3) is 5.38. The van der Waals surface area contributed by atoms with Crippen LogP contribution in [0.4, 0.5) is 10.5 Å². The molecule has 1 aromatic rings. The molecule has 0 bridgehead atoms. The number of nitrogens with zero attached hydrogens (tertiary/aromatic N) is 1. The molecule has 0 aromatic heterocycles. The van der Waals surface area contributed by atoms with E-state index in [-0.39, 0.29) is 11.7 Å². The Balaban J connectivity index is 1.75. The Bertz CT molecular complexity index is 576. The number of thioether (sulfide) groups is 2. The van der Waals surface area contributed by atoms with Gasteiger partial charge in [-0.3, -0.25) is 10.1 Å². The lowest BCUT2D eigenvalue weighted by Gasteiger charge is -2.14. The Labute approximate surface area is 138 Å². The first-order valence-corrected chi connectivity index (χ1v) is 9.16. The van der Waals surface area contributed by atoms with Gasteiger partial charge in [-0.15, -0.1) is 0 Å². The SMILES string of the molecule is CCCCNC(=O)NC(=O)CSC1=Nc2ccccc2CS1. The zero-order valence-corrected chi connectivity index (χ0v) is 14.1. The topological polar surface area (TPSA) is 70.6 Å². The van der Waals surface area contributed by atoms with Gasteiger partial charge in [0.25, 0.3) is 0 Å². The lowest BCUT2D eigenvalue weighted by molar-refractivity contribution is -0.117. The van der Waals surface area contributed by atoms with E-state index in [2.05, 4.69) is 21.7 Å². The number of para-hydroxylation sites is 1. The number of benzene rings is 1. The smallest absolute Gasteiger partial charge is 0.321 e. The molecule has 0 fully saturated rings. The minimum absolute atomic E-state index is 0.190. The summed E-state index contributed by atoms with van der Waals surface area (Å²) in [6.45, 7) is 2.63. The van der Waals surface area contributed by atoms with Crippen molar-refractivity contribution in [2.24, 2.45) is 4.99 Å². The van der Waals surface area contributed by atoms with Crippen LogP contribution < -0.4 is 10.6 Å². The Hall–Kier alpha value is -1.47. The van der Waals surface area contributed by atoms with Crippen molar-refractivity contribution >= 4 is 45.5 Å². The summed E-state index contributed by atoms with van der Waals surface area (Å²) in [6.07, 6.45) is 1.91. The third-order valence-electron chi connectivity index (χ3n) is 2.95. The summed E-state index contributed by atoms with van der Waals surface area (Å²) >= 11 is 2.98. The minimum Gasteiger partial charge on any atom is -0.338 e. The first-order valence-electron chi connectivity index (χ1n) is 7.19. The van der Waals surface area contributed by atoms with E-state index in [1.165, 1.54) is 17.3 Å². The Morgan fingerprint density at radius 3 is 3.00 bits per heavy atom. The zero-order valence-electron chi connectivity index (χ0n) is 12.4. The molecule has 0 saturated carbocycles. The first kappa shape index (κ1) is 16.9. The van der Waals surface area contributed by atoms with Gasteiger partial charge in [-0.2, -0.15) is 0 Å². The lowest BCUT2D eigenvalue weighted by Crippen LogP contribution is -2.40. The van der Waals surface area contributed by atoms with E-state index < -0.39 is 6.03 Å². The fourth-order valence-corrected chi connectivity index (χ4v) is 3.66. The number of imide groups is 1. The van der Waals surface area contributed by atoms with E-state index >= 15 is 0 Å². The van der Waals surface area contributed by atoms with Crippen LogP contribution in [0.1, 0.15) is 25.3 Å². The summed E-state index contributed by atoms with van der Waals surface area (Å²) in [6, 6.07) is 7.55. The largest absolute Gasteiger partial charge is 0.338 e. The summed E-state index contributed by atoms with van der Waals surface area (Å²) in [5.74, 6) is 0.747. The number of carbonyl (C=O) groups excluding carboxylic acids is 2. The van der Waals surface area contributed by atoms with Gasteiger partial charge in [0.05, 0.1) is 11.4 Å². The predicted octanol–water partition coefficient (Wildman–Crippen LogP) is 3.28. The molecule has 2 N–H and O–H groups in total. The molecule has 1 aliphatic rings. The van der Waals surface area contributed by atoms with Crippen molar-refractivity contribution in [2.75, 3.05) is 12.3 Å². The second-order valence-corrected chi connectivity index (χ2v) is 6.93. The van der Waals surface area contributed by atoms with Crippen molar-refractivity contribution in [1.82, 2.24) is 10.6 Å². The highest BCUT2D eigenvalue weighted by atomic mass is 32.2. The molecule has 0 aliphatic carbocycles. The van der Waals surface area contributed by atoms with Gasteiger partial charge >= 0.3 is 6.03 Å². The highest BCUT2D eigenvalue weighted by Crippen LogP contribution is 2.34. The van der Waals surface area contributed by atoms with Crippen LogP contribution in [0.3, 0.4) is 0 Å². The maximum absolute atomic E-state index is 11.7. The molecule has 22 heavy (non-hydrogen) atoms. The molecule has 0 atom stereocenters. The van der Waals surface area contributed by atoms with Crippen LogP contribution >= 0.6 is 23.5 Å². The van der Waals surface area contributed by atoms with E-state index in [0.717, 1.165) is 28.7 Å². The summed E-state index contributed by atoms with van der Waals surface area (Å²) in [4.78, 5) is 27.7. The Kier molecular flexibility index (Phi) is 6.79. The van der Waals surface area contributed by atoms with Gasteiger partial charge < -0.3 is 5.32 Å². The van der Waals surface area contributed by atoms with Gasteiger partial charge in [0.15, 0.2) is 0 Å². The van der Waals surface area contributed by atoms with Crippen molar-refractivity contribution in [1.29, 1.82) is 0 Å². The number of aliphatic imine (C=N–C) groups is 1. The highest BCUT2D eigenvalue weighted by molar-refractivity contribution is 8.38. The molecule has 0 spiro atoms. The average Bonchev–Trinajstić information content (AvgIpc) is 2.53. The number of rotatable bonds is 5. The number of nitrogens with one attached hydrogen (secondary N) is 2. The van der Waals surface area contributed by atoms with E-state index in [1.54, 1.807) is 11.8 Å². The van der Waals surface area contributed by atoms with Crippen LogP contribution in [-0.4, -0.2) is 28.6 Å². The van der Waals surface area contributed by atoms with E-state index in [9.17, 15) is 9.59 Å². The molecule has 0 unspecified atom stereocenters. The molecule has 1 aromatic carbocycles. The molecular weight excluding hydrogens is 318 g/mol. The second-order valence-electron chi connectivity index (χ2n) is 4.74. The highest BCUT2D eigenvalue weighted by Gasteiger charge is 2.14. The van der Waals surface area contributed by atoms with E-state index in [1.807, 2.05) is 25.1 Å². The molecule has 3 amide bonds. The fraction of sp³-hybridized carbons (Fsp3) is 0.400. The molecule has 2 rings (SSSR count). The molecule has 0 radical (unpaired) electrons. The van der Waals surface area contributed by atoms with E-state index in [0.29, 0.717) is 6.54 Å². The first-order chi connectivity index (χ1) is 10.7. The van der Waals surface area contributed by atoms with Gasteiger partial charge in [-0.05, 0) is 18.1 Å². The van der Waals surface area contributed by atoms with Crippen LogP contribution in [0.2, 0.25) is 0 Å². The van der Waals surface area contributed by atoms with Crippen LogP contribution in [0, 0.1) is 0 Å². The van der Waals surface area contributed by atoms with Crippen LogP contribution in [0.15, 0.2) is 29.3 Å². The minimum atomic E-state index is -0.428. The molecule has 118 valence electrons. The zero-order chi connectivity index (χ0) is 15.8. The number of urea groups is 1. The summed E-state index contributed by atoms with van der Waals surface area (Å²) in [5.41, 5.74) is 2.16. The van der Waals surface area contributed by atoms with Crippen molar-refractivity contribution in [2.45, 2.75) is 25.5 Å². The van der Waals surface area contributed by atoms with Crippen molar-refractivity contribution in [3.8, 4) is 0 Å². The van der Waals surface area contributed by atoms with Gasteiger partial charge in [0, 0.05) is 12.3 Å². The maximum atomic E-state index is 11.7. The number of hydrogen-bond donors (Lipinski definition) is 2. The van der Waals surface area contributed by atoms with E-state index in [4.69, 9.17) is 0 Å². The molecule has 5 nitrogen and oxygen atoms in total. The van der Waals surface area contributed by atoms with Crippen LogP contribution in [0.5, 0.6) is 0 Å². The summed E-state index contributed by atoms with van der Waals surface area (Å²) in [5, 5.41) is 4.97. The molecule has 7 heteroatoms. The maximum Gasteiger partial charge on any atom is 0.321 e. The summed E-state index contributed by atoms with van der Waals surface area (Å²) < 4.78 is 0.861. The normalized spacial score (nSPS) is 13.0. The fourth-order valence-electron chi connectivity index (χ4n) is 1.80. The number of hydrogen-bond acceptors (Lipinski definition) is 5. The molecule has 1 heterocycles. The number of fused-ring (bicyclic) bond motifs is 1.